The number of urea groups is 1. The number of hydrogen-bond donors (Lipinski definition) is 3. The third kappa shape index (κ3) is 7.55. The highest BCUT2D eigenvalue weighted by Gasteiger charge is 2.31. The van der Waals surface area contributed by atoms with Crippen molar-refractivity contribution >= 4 is 34.5 Å². The number of alkyl halides is 5. The molecule has 2 aromatic carbocycles. The van der Waals surface area contributed by atoms with E-state index in [0.29, 0.717) is 80.5 Å². The van der Waals surface area contributed by atoms with Crippen LogP contribution in [0.1, 0.15) is 37.9 Å². The minimum Gasteiger partial charge on any atom is -0.406 e. The average molecular weight is 647 g/mol. The van der Waals surface area contributed by atoms with Gasteiger partial charge in [0.2, 0.25) is 5.95 Å². The molecule has 1 aliphatic carbocycles. The molecule has 1 aliphatic heterocycles. The Morgan fingerprint density at radius 2 is 1.59 bits per heavy atom. The largest absolute Gasteiger partial charge is 0.573 e. The van der Waals surface area contributed by atoms with E-state index in [1.165, 1.54) is 16.7 Å². The molecule has 2 aliphatic rings. The number of morpholine rings is 1. The van der Waals surface area contributed by atoms with Crippen LogP contribution in [0.3, 0.4) is 0 Å². The number of anilines is 3. The normalized spacial score (nSPS) is 18.9. The number of benzene rings is 2. The summed E-state index contributed by atoms with van der Waals surface area (Å²) in [6.45, 7) is 2.21. The van der Waals surface area contributed by atoms with Gasteiger partial charge in [-0.2, -0.15) is 9.97 Å². The molecule has 2 amide bonds. The number of hydrogen-bond acceptors (Lipinski definition) is 8. The van der Waals surface area contributed by atoms with E-state index < -0.39 is 24.6 Å². The number of fused-ring (bicyclic) bond motifs is 1. The first-order valence-electron chi connectivity index (χ1n) is 14.8. The van der Waals surface area contributed by atoms with Crippen LogP contribution >= 0.6 is 0 Å². The van der Waals surface area contributed by atoms with Gasteiger partial charge in [0.25, 0.3) is 6.43 Å². The lowest BCUT2D eigenvalue weighted by molar-refractivity contribution is -0.274. The van der Waals surface area contributed by atoms with Crippen LogP contribution in [-0.4, -0.2) is 70.3 Å². The Labute approximate surface area is 260 Å². The first-order chi connectivity index (χ1) is 22.1. The van der Waals surface area contributed by atoms with Gasteiger partial charge in [0.1, 0.15) is 17.4 Å². The Morgan fingerprint density at radius 1 is 0.913 bits per heavy atom. The van der Waals surface area contributed by atoms with Crippen molar-refractivity contribution in [1.82, 2.24) is 24.8 Å². The van der Waals surface area contributed by atoms with Crippen molar-refractivity contribution in [3.63, 3.8) is 0 Å². The summed E-state index contributed by atoms with van der Waals surface area (Å²) in [5.41, 5.74) is 1.25. The van der Waals surface area contributed by atoms with Gasteiger partial charge in [0.15, 0.2) is 5.82 Å². The van der Waals surface area contributed by atoms with Crippen LogP contribution in [-0.2, 0) is 4.74 Å². The predicted octanol–water partition coefficient (Wildman–Crippen LogP) is 6.03. The Balaban J connectivity index is 1.12. The maximum atomic E-state index is 14.2. The number of rotatable bonds is 8. The van der Waals surface area contributed by atoms with E-state index >= 15 is 0 Å². The van der Waals surface area contributed by atoms with E-state index in [0.717, 1.165) is 12.1 Å². The Hall–Kier alpha value is -4.73. The van der Waals surface area contributed by atoms with Gasteiger partial charge in [-0.3, -0.25) is 4.57 Å². The van der Waals surface area contributed by atoms with Crippen LogP contribution < -0.4 is 25.6 Å². The minimum atomic E-state index is -4.80. The van der Waals surface area contributed by atoms with Gasteiger partial charge in [-0.05, 0) is 62.1 Å². The molecular weight excluding hydrogens is 615 g/mol. The molecule has 3 heterocycles. The number of nitrogens with one attached hydrogen (secondary N) is 3. The minimum absolute atomic E-state index is 0.0378. The molecule has 4 aromatic rings. The fourth-order valence-corrected chi connectivity index (χ4v) is 5.64. The molecule has 0 unspecified atom stereocenters. The van der Waals surface area contributed by atoms with Crippen molar-refractivity contribution in [2.45, 2.75) is 50.6 Å². The van der Waals surface area contributed by atoms with Crippen molar-refractivity contribution in [3.8, 4) is 11.6 Å². The van der Waals surface area contributed by atoms with E-state index in [-0.39, 0.29) is 23.7 Å². The number of ether oxygens (including phenoxy) is 2. The van der Waals surface area contributed by atoms with Crippen molar-refractivity contribution in [2.75, 3.05) is 41.8 Å². The van der Waals surface area contributed by atoms with Crippen molar-refractivity contribution in [3.05, 3.63) is 60.4 Å². The Morgan fingerprint density at radius 3 is 2.28 bits per heavy atom. The number of nitrogens with zero attached hydrogens (tertiary/aromatic N) is 5. The summed E-state index contributed by atoms with van der Waals surface area (Å²) in [5.74, 6) is 0.355. The number of halogens is 5. The SMILES string of the molecule is O=C(Nc1ccc(OC(F)(F)F)cc1)N[C@H]1CC[C@H](Nc2nc(N3CCOCC3)cc(-n3c(C(F)F)nc4ccccc43)n2)CC1. The number of carbonyl (C=O) groups is 1. The molecule has 0 radical (unpaired) electrons. The third-order valence-corrected chi connectivity index (χ3v) is 7.79. The molecular formula is C30H31F5N8O3. The van der Waals surface area contributed by atoms with Gasteiger partial charge in [0.05, 0.1) is 24.2 Å². The fourth-order valence-electron chi connectivity index (χ4n) is 5.64. The molecule has 244 valence electrons. The lowest BCUT2D eigenvalue weighted by atomic mass is 9.91. The van der Waals surface area contributed by atoms with Gasteiger partial charge >= 0.3 is 12.4 Å². The van der Waals surface area contributed by atoms with E-state index in [1.54, 1.807) is 30.3 Å². The Kier molecular flexibility index (Phi) is 9.05. The van der Waals surface area contributed by atoms with E-state index in [4.69, 9.17) is 9.72 Å². The monoisotopic (exact) mass is 646 g/mol. The summed E-state index contributed by atoms with van der Waals surface area (Å²) in [7, 11) is 0. The maximum Gasteiger partial charge on any atom is 0.573 e. The molecule has 2 aromatic heterocycles. The van der Waals surface area contributed by atoms with E-state index in [1.807, 2.05) is 4.90 Å². The average Bonchev–Trinajstić information content (AvgIpc) is 3.43. The highest BCUT2D eigenvalue weighted by Crippen LogP contribution is 2.30. The molecule has 1 saturated heterocycles. The van der Waals surface area contributed by atoms with Gasteiger partial charge in [-0.25, -0.2) is 18.6 Å². The molecule has 1 saturated carbocycles. The van der Waals surface area contributed by atoms with Gasteiger partial charge in [-0.1, -0.05) is 12.1 Å². The fraction of sp³-hybridized carbons (Fsp3) is 0.400. The van der Waals surface area contributed by atoms with E-state index in [2.05, 4.69) is 30.7 Å². The number of carbonyl (C=O) groups excluding carboxylic acids is 1. The highest BCUT2D eigenvalue weighted by atomic mass is 19.4. The lowest BCUT2D eigenvalue weighted by Crippen LogP contribution is -2.42. The highest BCUT2D eigenvalue weighted by molar-refractivity contribution is 5.89. The van der Waals surface area contributed by atoms with Crippen LogP contribution in [0, 0.1) is 0 Å². The number of para-hydroxylation sites is 2. The number of imidazole rings is 1. The van der Waals surface area contributed by atoms with Gasteiger partial charge in [-0.15, -0.1) is 13.2 Å². The molecule has 0 bridgehead atoms. The van der Waals surface area contributed by atoms with Gasteiger partial charge < -0.3 is 30.3 Å². The quantitative estimate of drug-likeness (QED) is 0.199. The van der Waals surface area contributed by atoms with Crippen LogP contribution in [0.4, 0.5) is 44.2 Å². The summed E-state index contributed by atoms with van der Waals surface area (Å²) < 4.78 is 76.1. The zero-order chi connectivity index (χ0) is 32.3. The van der Waals surface area contributed by atoms with Crippen molar-refractivity contribution < 1.29 is 36.2 Å². The van der Waals surface area contributed by atoms with Gasteiger partial charge in [0, 0.05) is 36.9 Å². The van der Waals surface area contributed by atoms with Crippen LogP contribution in [0.25, 0.3) is 16.9 Å². The van der Waals surface area contributed by atoms with Crippen LogP contribution in [0.5, 0.6) is 5.75 Å². The molecule has 2 fully saturated rings. The van der Waals surface area contributed by atoms with E-state index in [9.17, 15) is 26.7 Å². The zero-order valence-corrected chi connectivity index (χ0v) is 24.4. The summed E-state index contributed by atoms with van der Waals surface area (Å²) >= 11 is 0. The first-order valence-corrected chi connectivity index (χ1v) is 14.8. The zero-order valence-electron chi connectivity index (χ0n) is 24.4. The molecule has 6 rings (SSSR count). The second-order valence-electron chi connectivity index (χ2n) is 11.0. The molecule has 46 heavy (non-hydrogen) atoms. The summed E-state index contributed by atoms with van der Waals surface area (Å²) in [6.07, 6.45) is -5.00. The second-order valence-corrected chi connectivity index (χ2v) is 11.0. The first kappa shape index (κ1) is 31.3. The number of aromatic nitrogens is 4. The molecule has 0 spiro atoms. The molecule has 11 nitrogen and oxygen atoms in total. The molecule has 0 atom stereocenters. The van der Waals surface area contributed by atoms with Crippen LogP contribution in [0.2, 0.25) is 0 Å². The second kappa shape index (κ2) is 13.3. The molecule has 3 N–H and O–H groups in total. The lowest BCUT2D eigenvalue weighted by Gasteiger charge is -2.31. The standard InChI is InChI=1S/C30H31F5N8O3/c31-26(32)27-39-22-3-1-2-4-23(22)43(27)25-17-24(42-13-15-45-16-14-42)40-28(41-25)36-18-5-7-19(8-6-18)37-29(44)38-20-9-11-21(12-10-20)46-30(33,34)35/h1-4,9-12,17-19,26H,5-8,13-16H2,(H,36,40,41)(H2,37,38,44)/t18-,19-. The maximum absolute atomic E-state index is 14.2. The van der Waals surface area contributed by atoms with Crippen molar-refractivity contribution in [1.29, 1.82) is 0 Å². The summed E-state index contributed by atoms with van der Waals surface area (Å²) in [6, 6.07) is 12.8. The topological polar surface area (TPSA) is 118 Å². The Bertz CT molecular complexity index is 1650. The third-order valence-electron chi connectivity index (χ3n) is 7.79. The van der Waals surface area contributed by atoms with Crippen molar-refractivity contribution in [2.24, 2.45) is 0 Å². The molecule has 16 heteroatoms. The summed E-state index contributed by atoms with van der Waals surface area (Å²) in [4.78, 5) is 28.1. The van der Waals surface area contributed by atoms with Crippen LogP contribution in [0.15, 0.2) is 54.6 Å². The smallest absolute Gasteiger partial charge is 0.406 e. The number of amides is 2. The summed E-state index contributed by atoms with van der Waals surface area (Å²) in [5, 5.41) is 8.89. The predicted molar refractivity (Wildman–Crippen MR) is 160 cm³/mol.